The van der Waals surface area contributed by atoms with Crippen LogP contribution in [0.2, 0.25) is 5.02 Å². The van der Waals surface area contributed by atoms with E-state index in [4.69, 9.17) is 11.6 Å². The smallest absolute Gasteiger partial charge is 0.242 e. The van der Waals surface area contributed by atoms with Crippen molar-refractivity contribution < 1.29 is 26.8 Å². The van der Waals surface area contributed by atoms with Crippen molar-refractivity contribution in [2.75, 3.05) is 13.1 Å². The van der Waals surface area contributed by atoms with Crippen molar-refractivity contribution in [2.24, 2.45) is 5.92 Å². The topological polar surface area (TPSA) is 120 Å². The zero-order valence-corrected chi connectivity index (χ0v) is 22.0. The number of halogens is 3. The lowest BCUT2D eigenvalue weighted by Crippen LogP contribution is -2.48. The fourth-order valence-electron chi connectivity index (χ4n) is 3.82. The predicted octanol–water partition coefficient (Wildman–Crippen LogP) is 3.66. The molecule has 0 spiro atoms. The number of aromatic amines is 1. The summed E-state index contributed by atoms with van der Waals surface area (Å²) in [5.41, 5.74) is 1.32. The molecule has 4 N–H and O–H groups in total. The summed E-state index contributed by atoms with van der Waals surface area (Å²) in [7, 11) is -3.94. The van der Waals surface area contributed by atoms with Crippen LogP contribution in [0.1, 0.15) is 32.3 Å². The van der Waals surface area contributed by atoms with Gasteiger partial charge >= 0.3 is 0 Å². The molecule has 1 atom stereocenters. The SMILES string of the molecule is CC(C)C[C@H](NC(=O)Cc1c[nH]c2ccc(F)cc12)C(=O)NCCCNS(=O)(=O)c1ccc(F)cc1Cl. The first-order chi connectivity index (χ1) is 17.5. The lowest BCUT2D eigenvalue weighted by molar-refractivity contribution is -0.129. The fourth-order valence-corrected chi connectivity index (χ4v) is 5.42. The molecule has 8 nitrogen and oxygen atoms in total. The van der Waals surface area contributed by atoms with Crippen molar-refractivity contribution >= 4 is 44.3 Å². The Kier molecular flexibility index (Phi) is 9.63. The van der Waals surface area contributed by atoms with Gasteiger partial charge in [0.1, 0.15) is 22.6 Å². The first-order valence-corrected chi connectivity index (χ1v) is 13.6. The van der Waals surface area contributed by atoms with Gasteiger partial charge in [0.05, 0.1) is 11.4 Å². The van der Waals surface area contributed by atoms with Gasteiger partial charge in [0, 0.05) is 30.2 Å². The molecule has 0 bridgehead atoms. The van der Waals surface area contributed by atoms with E-state index in [0.717, 1.165) is 18.2 Å². The van der Waals surface area contributed by atoms with E-state index >= 15 is 0 Å². The number of hydrogen-bond donors (Lipinski definition) is 4. The third-order valence-electron chi connectivity index (χ3n) is 5.57. The summed E-state index contributed by atoms with van der Waals surface area (Å²) >= 11 is 5.82. The molecule has 0 aliphatic carbocycles. The molecular weight excluding hydrogens is 526 g/mol. The second-order valence-electron chi connectivity index (χ2n) is 9.05. The first-order valence-electron chi connectivity index (χ1n) is 11.7. The van der Waals surface area contributed by atoms with Crippen molar-refractivity contribution in [1.82, 2.24) is 20.3 Å². The Hall–Kier alpha value is -3.02. The zero-order valence-electron chi connectivity index (χ0n) is 20.4. The molecule has 0 saturated carbocycles. The number of H-pyrrole nitrogens is 1. The van der Waals surface area contributed by atoms with Gasteiger partial charge in [-0.1, -0.05) is 25.4 Å². The number of rotatable bonds is 12. The molecule has 0 saturated heterocycles. The molecule has 37 heavy (non-hydrogen) atoms. The van der Waals surface area contributed by atoms with Gasteiger partial charge in [-0.05, 0) is 60.7 Å². The fraction of sp³-hybridized carbons (Fsp3) is 0.360. The highest BCUT2D eigenvalue weighted by molar-refractivity contribution is 7.89. The van der Waals surface area contributed by atoms with Crippen LogP contribution in [0.4, 0.5) is 8.78 Å². The molecule has 0 fully saturated rings. The molecule has 2 aromatic carbocycles. The number of amides is 2. The van der Waals surface area contributed by atoms with Crippen LogP contribution in [-0.4, -0.2) is 44.3 Å². The van der Waals surface area contributed by atoms with Crippen LogP contribution in [0, 0.1) is 17.6 Å². The van der Waals surface area contributed by atoms with Crippen LogP contribution in [0.15, 0.2) is 47.5 Å². The number of carbonyl (C=O) groups excluding carboxylic acids is 2. The van der Waals surface area contributed by atoms with E-state index in [0.29, 0.717) is 22.9 Å². The molecule has 200 valence electrons. The number of sulfonamides is 1. The monoisotopic (exact) mass is 554 g/mol. The van der Waals surface area contributed by atoms with E-state index < -0.39 is 33.6 Å². The molecule has 3 rings (SSSR count). The van der Waals surface area contributed by atoms with Crippen LogP contribution in [-0.2, 0) is 26.0 Å². The van der Waals surface area contributed by atoms with Crippen LogP contribution in [0.3, 0.4) is 0 Å². The molecule has 0 aliphatic rings. The number of fused-ring (bicyclic) bond motifs is 1. The molecule has 1 heterocycles. The van der Waals surface area contributed by atoms with E-state index in [1.165, 1.54) is 12.1 Å². The lowest BCUT2D eigenvalue weighted by Gasteiger charge is -2.20. The lowest BCUT2D eigenvalue weighted by atomic mass is 10.0. The van der Waals surface area contributed by atoms with Crippen LogP contribution >= 0.6 is 11.6 Å². The number of hydrogen-bond acceptors (Lipinski definition) is 4. The quantitative estimate of drug-likeness (QED) is 0.255. The largest absolute Gasteiger partial charge is 0.361 e. The minimum absolute atomic E-state index is 0.00858. The summed E-state index contributed by atoms with van der Waals surface area (Å²) in [6.45, 7) is 4.01. The third-order valence-corrected chi connectivity index (χ3v) is 7.51. The maximum atomic E-state index is 13.6. The summed E-state index contributed by atoms with van der Waals surface area (Å²) in [4.78, 5) is 28.2. The van der Waals surface area contributed by atoms with Gasteiger partial charge in [0.15, 0.2) is 0 Å². The Morgan fingerprint density at radius 3 is 2.46 bits per heavy atom. The molecule has 3 aromatic rings. The average Bonchev–Trinajstić information content (AvgIpc) is 3.19. The number of benzene rings is 2. The zero-order chi connectivity index (χ0) is 27.2. The Labute approximate surface area is 219 Å². The van der Waals surface area contributed by atoms with Crippen LogP contribution in [0.5, 0.6) is 0 Å². The number of carbonyl (C=O) groups is 2. The van der Waals surface area contributed by atoms with Gasteiger partial charge in [0.2, 0.25) is 21.8 Å². The van der Waals surface area contributed by atoms with Crippen molar-refractivity contribution in [3.63, 3.8) is 0 Å². The normalized spacial score (nSPS) is 12.6. The first kappa shape index (κ1) is 28.5. The van der Waals surface area contributed by atoms with E-state index in [9.17, 15) is 26.8 Å². The summed E-state index contributed by atoms with van der Waals surface area (Å²) in [5, 5.41) is 5.83. The standard InChI is InChI=1S/C25H29ClF2N4O4S/c1-15(2)10-22(32-24(33)11-16-14-30-21-6-4-17(27)12-19(16)21)25(34)29-8-3-9-31-37(35,36)23-7-5-18(28)13-20(23)26/h4-7,12-15,22,30-31H,3,8-11H2,1-2H3,(H,29,34)(H,32,33)/t22-/m0/s1. The maximum Gasteiger partial charge on any atom is 0.242 e. The minimum atomic E-state index is -3.94. The van der Waals surface area contributed by atoms with Crippen molar-refractivity contribution in [3.8, 4) is 0 Å². The highest BCUT2D eigenvalue weighted by atomic mass is 35.5. The summed E-state index contributed by atoms with van der Waals surface area (Å²) in [6, 6.07) is 6.48. The number of aromatic nitrogens is 1. The Morgan fingerprint density at radius 2 is 1.76 bits per heavy atom. The molecule has 1 aromatic heterocycles. The second kappa shape index (κ2) is 12.5. The van der Waals surface area contributed by atoms with Gasteiger partial charge in [-0.3, -0.25) is 9.59 Å². The molecule has 2 amide bonds. The molecule has 0 aliphatic heterocycles. The van der Waals surface area contributed by atoms with E-state index in [-0.39, 0.29) is 47.7 Å². The summed E-state index contributed by atoms with van der Waals surface area (Å²) in [5.74, 6) is -1.71. The molecule has 12 heteroatoms. The van der Waals surface area contributed by atoms with Gasteiger partial charge in [-0.15, -0.1) is 0 Å². The average molecular weight is 555 g/mol. The Morgan fingerprint density at radius 1 is 1.05 bits per heavy atom. The highest BCUT2D eigenvalue weighted by Gasteiger charge is 2.23. The van der Waals surface area contributed by atoms with Gasteiger partial charge in [0.25, 0.3) is 0 Å². The third kappa shape index (κ3) is 7.98. The number of nitrogens with one attached hydrogen (secondary N) is 4. The Balaban J connectivity index is 1.51. The van der Waals surface area contributed by atoms with Gasteiger partial charge in [-0.2, -0.15) is 0 Å². The van der Waals surface area contributed by atoms with E-state index in [1.54, 1.807) is 12.3 Å². The summed E-state index contributed by atoms with van der Waals surface area (Å²) in [6.07, 6.45) is 2.28. The van der Waals surface area contributed by atoms with E-state index in [2.05, 4.69) is 20.3 Å². The van der Waals surface area contributed by atoms with Gasteiger partial charge in [-0.25, -0.2) is 21.9 Å². The maximum absolute atomic E-state index is 13.6. The predicted molar refractivity (Wildman–Crippen MR) is 138 cm³/mol. The summed E-state index contributed by atoms with van der Waals surface area (Å²) < 4.78 is 53.9. The minimum Gasteiger partial charge on any atom is -0.361 e. The molecule has 0 radical (unpaired) electrons. The molecule has 0 unspecified atom stereocenters. The Bertz CT molecular complexity index is 1380. The van der Waals surface area contributed by atoms with Crippen LogP contribution in [0.25, 0.3) is 10.9 Å². The second-order valence-corrected chi connectivity index (χ2v) is 11.2. The van der Waals surface area contributed by atoms with Crippen molar-refractivity contribution in [3.05, 3.63) is 64.8 Å². The highest BCUT2D eigenvalue weighted by Crippen LogP contribution is 2.22. The molecular formula is C25H29ClF2N4O4S. The van der Waals surface area contributed by atoms with Gasteiger partial charge < -0.3 is 15.6 Å². The van der Waals surface area contributed by atoms with Crippen molar-refractivity contribution in [1.29, 1.82) is 0 Å². The van der Waals surface area contributed by atoms with Crippen LogP contribution < -0.4 is 15.4 Å². The van der Waals surface area contributed by atoms with Crippen molar-refractivity contribution in [2.45, 2.75) is 44.0 Å². The van der Waals surface area contributed by atoms with E-state index in [1.807, 2.05) is 13.8 Å².